The standard InChI is InChI=1S/C18H29N3O4/c1-13(22)20-18(6-4-3-5-7-18)16(24)21-10-14-11-25-9-8-17(14,12-21)15(23)19-2/h14H,3-12H2,1-2H3,(H,19,23)(H,20,22)/t14-,17+/m1/s1. The molecule has 0 unspecified atom stereocenters. The van der Waals surface area contributed by atoms with Crippen molar-refractivity contribution in [3.63, 3.8) is 0 Å². The van der Waals surface area contributed by atoms with Gasteiger partial charge >= 0.3 is 0 Å². The van der Waals surface area contributed by atoms with Crippen LogP contribution in [-0.4, -0.2) is 61.5 Å². The van der Waals surface area contributed by atoms with Crippen molar-refractivity contribution in [3.05, 3.63) is 0 Å². The highest BCUT2D eigenvalue weighted by Crippen LogP contribution is 2.44. The molecule has 2 aliphatic heterocycles. The van der Waals surface area contributed by atoms with E-state index in [4.69, 9.17) is 4.74 Å². The Balaban J connectivity index is 1.84. The molecule has 3 fully saturated rings. The van der Waals surface area contributed by atoms with E-state index < -0.39 is 11.0 Å². The summed E-state index contributed by atoms with van der Waals surface area (Å²) in [4.78, 5) is 39.5. The number of carbonyl (C=O) groups excluding carboxylic acids is 3. The average Bonchev–Trinajstić information content (AvgIpc) is 3.01. The molecule has 0 radical (unpaired) electrons. The van der Waals surface area contributed by atoms with E-state index in [-0.39, 0.29) is 23.6 Å². The lowest BCUT2D eigenvalue weighted by molar-refractivity contribution is -0.143. The minimum atomic E-state index is -0.803. The Morgan fingerprint density at radius 1 is 1.12 bits per heavy atom. The number of nitrogens with one attached hydrogen (secondary N) is 2. The number of fused-ring (bicyclic) bond motifs is 1. The highest BCUT2D eigenvalue weighted by atomic mass is 16.5. The molecule has 7 heteroatoms. The van der Waals surface area contributed by atoms with Crippen LogP contribution in [0.5, 0.6) is 0 Å². The van der Waals surface area contributed by atoms with Gasteiger partial charge in [-0.1, -0.05) is 19.3 Å². The molecular formula is C18H29N3O4. The molecule has 0 spiro atoms. The molecule has 25 heavy (non-hydrogen) atoms. The lowest BCUT2D eigenvalue weighted by Gasteiger charge is -2.39. The molecule has 2 N–H and O–H groups in total. The third-order valence-electron chi connectivity index (χ3n) is 6.21. The van der Waals surface area contributed by atoms with Gasteiger partial charge in [0.25, 0.3) is 0 Å². The fraction of sp³-hybridized carbons (Fsp3) is 0.833. The largest absolute Gasteiger partial charge is 0.381 e. The van der Waals surface area contributed by atoms with E-state index in [0.29, 0.717) is 45.6 Å². The van der Waals surface area contributed by atoms with Crippen LogP contribution in [0.15, 0.2) is 0 Å². The van der Waals surface area contributed by atoms with Gasteiger partial charge in [-0.25, -0.2) is 0 Å². The molecule has 140 valence electrons. The highest BCUT2D eigenvalue weighted by Gasteiger charge is 2.56. The highest BCUT2D eigenvalue weighted by molar-refractivity contribution is 5.92. The summed E-state index contributed by atoms with van der Waals surface area (Å²) in [5, 5.41) is 5.72. The van der Waals surface area contributed by atoms with E-state index in [1.54, 1.807) is 11.9 Å². The molecule has 2 saturated heterocycles. The van der Waals surface area contributed by atoms with Gasteiger partial charge in [0.2, 0.25) is 17.7 Å². The number of hydrogen-bond donors (Lipinski definition) is 2. The minimum absolute atomic E-state index is 0.00618. The van der Waals surface area contributed by atoms with Gasteiger partial charge in [-0.2, -0.15) is 0 Å². The van der Waals surface area contributed by atoms with Crippen LogP contribution >= 0.6 is 0 Å². The Kier molecular flexibility index (Phi) is 5.04. The predicted molar refractivity (Wildman–Crippen MR) is 91.6 cm³/mol. The van der Waals surface area contributed by atoms with Crippen LogP contribution in [0.3, 0.4) is 0 Å². The van der Waals surface area contributed by atoms with Gasteiger partial charge in [0.1, 0.15) is 5.54 Å². The second-order valence-corrected chi connectivity index (χ2v) is 7.77. The number of amides is 3. The first-order valence-corrected chi connectivity index (χ1v) is 9.32. The van der Waals surface area contributed by atoms with Crippen LogP contribution in [0, 0.1) is 11.3 Å². The minimum Gasteiger partial charge on any atom is -0.381 e. The first-order chi connectivity index (χ1) is 11.9. The topological polar surface area (TPSA) is 87.7 Å². The summed E-state index contributed by atoms with van der Waals surface area (Å²) in [6.07, 6.45) is 4.95. The second-order valence-electron chi connectivity index (χ2n) is 7.77. The SMILES string of the molecule is CNC(=O)[C@]12CCOC[C@H]1CN(C(=O)C1(NC(C)=O)CCCCC1)C2. The van der Waals surface area contributed by atoms with Crippen molar-refractivity contribution in [2.45, 2.75) is 51.0 Å². The molecule has 1 saturated carbocycles. The third-order valence-corrected chi connectivity index (χ3v) is 6.21. The molecule has 0 bridgehead atoms. The lowest BCUT2D eigenvalue weighted by Crippen LogP contribution is -2.60. The van der Waals surface area contributed by atoms with Crippen molar-refractivity contribution < 1.29 is 19.1 Å². The smallest absolute Gasteiger partial charge is 0.248 e. The molecule has 2 atom stereocenters. The van der Waals surface area contributed by atoms with E-state index in [1.807, 2.05) is 0 Å². The monoisotopic (exact) mass is 351 g/mol. The number of carbonyl (C=O) groups is 3. The summed E-state index contributed by atoms with van der Waals surface area (Å²) < 4.78 is 5.58. The summed E-state index contributed by atoms with van der Waals surface area (Å²) >= 11 is 0. The molecule has 0 aromatic carbocycles. The summed E-state index contributed by atoms with van der Waals surface area (Å²) in [5.41, 5.74) is -1.36. The number of rotatable bonds is 3. The Labute approximate surface area is 148 Å². The lowest BCUT2D eigenvalue weighted by atomic mass is 9.73. The number of likely N-dealkylation sites (tertiary alicyclic amines) is 1. The van der Waals surface area contributed by atoms with Crippen LogP contribution in [0.1, 0.15) is 45.4 Å². The maximum Gasteiger partial charge on any atom is 0.248 e. The van der Waals surface area contributed by atoms with Gasteiger partial charge in [-0.15, -0.1) is 0 Å². The zero-order valence-corrected chi connectivity index (χ0v) is 15.2. The van der Waals surface area contributed by atoms with Crippen LogP contribution in [0.4, 0.5) is 0 Å². The molecule has 1 aliphatic carbocycles. The molecule has 7 nitrogen and oxygen atoms in total. The van der Waals surface area contributed by atoms with Gasteiger partial charge in [0.05, 0.1) is 12.0 Å². The van der Waals surface area contributed by atoms with Crippen LogP contribution < -0.4 is 10.6 Å². The van der Waals surface area contributed by atoms with Gasteiger partial charge in [0.15, 0.2) is 0 Å². The molecule has 3 amide bonds. The maximum absolute atomic E-state index is 13.4. The number of hydrogen-bond acceptors (Lipinski definition) is 4. The first-order valence-electron chi connectivity index (χ1n) is 9.32. The quantitative estimate of drug-likeness (QED) is 0.772. The van der Waals surface area contributed by atoms with Crippen LogP contribution in [0.25, 0.3) is 0 Å². The van der Waals surface area contributed by atoms with Crippen LogP contribution in [0.2, 0.25) is 0 Å². The van der Waals surface area contributed by atoms with E-state index in [1.165, 1.54) is 6.92 Å². The summed E-state index contributed by atoms with van der Waals surface area (Å²) in [6, 6.07) is 0. The normalized spacial score (nSPS) is 31.1. The summed E-state index contributed by atoms with van der Waals surface area (Å²) in [6.45, 7) is 3.45. The average molecular weight is 351 g/mol. The van der Waals surface area contributed by atoms with Crippen molar-refractivity contribution in [2.24, 2.45) is 11.3 Å². The van der Waals surface area contributed by atoms with Gasteiger partial charge in [-0.05, 0) is 19.3 Å². The fourth-order valence-corrected chi connectivity index (χ4v) is 4.91. The third kappa shape index (κ3) is 3.14. The number of ether oxygens (including phenoxy) is 1. The number of nitrogens with zero attached hydrogens (tertiary/aromatic N) is 1. The Bertz CT molecular complexity index is 559. The van der Waals surface area contributed by atoms with Crippen molar-refractivity contribution in [1.29, 1.82) is 0 Å². The van der Waals surface area contributed by atoms with Crippen molar-refractivity contribution in [1.82, 2.24) is 15.5 Å². The van der Waals surface area contributed by atoms with E-state index >= 15 is 0 Å². The maximum atomic E-state index is 13.4. The summed E-state index contributed by atoms with van der Waals surface area (Å²) in [5.74, 6) is -0.187. The molecular weight excluding hydrogens is 322 g/mol. The zero-order chi connectivity index (χ0) is 18.1. The predicted octanol–water partition coefficient (Wildman–Crippen LogP) is 0.437. The molecule has 3 aliphatic rings. The van der Waals surface area contributed by atoms with Gasteiger partial charge < -0.3 is 20.3 Å². The van der Waals surface area contributed by atoms with Crippen LogP contribution in [-0.2, 0) is 19.1 Å². The Morgan fingerprint density at radius 2 is 1.84 bits per heavy atom. The van der Waals surface area contributed by atoms with E-state index in [2.05, 4.69) is 10.6 Å². The fourth-order valence-electron chi connectivity index (χ4n) is 4.91. The molecule has 2 heterocycles. The van der Waals surface area contributed by atoms with E-state index in [9.17, 15) is 14.4 Å². The Hall–Kier alpha value is -1.63. The van der Waals surface area contributed by atoms with Gasteiger partial charge in [0, 0.05) is 39.6 Å². The van der Waals surface area contributed by atoms with E-state index in [0.717, 1.165) is 19.3 Å². The second kappa shape index (κ2) is 6.94. The van der Waals surface area contributed by atoms with Crippen molar-refractivity contribution in [3.8, 4) is 0 Å². The zero-order valence-electron chi connectivity index (χ0n) is 15.2. The Morgan fingerprint density at radius 3 is 2.48 bits per heavy atom. The molecule has 3 rings (SSSR count). The first kappa shape index (κ1) is 18.2. The van der Waals surface area contributed by atoms with Crippen molar-refractivity contribution in [2.75, 3.05) is 33.4 Å². The van der Waals surface area contributed by atoms with Crippen molar-refractivity contribution >= 4 is 17.7 Å². The molecule has 0 aromatic rings. The molecule has 0 aromatic heterocycles. The summed E-state index contributed by atoms with van der Waals surface area (Å²) in [7, 11) is 1.65. The van der Waals surface area contributed by atoms with Gasteiger partial charge in [-0.3, -0.25) is 14.4 Å².